The number of nitrogens with one attached hydrogen (secondary N) is 6. The standard InChI is InChI=1S/C91H121Cl2N7O30/c1-7-9-10-11-12-13-14-15-16-17-18-25-96-91(6)38-68(124-44(5)83(91)117)129-82-79(115)77(113)66(41-102)128-90(82)130-81-63-33-49-34-64(81)126-62-24-21-48(31-56(62)93)74(110)72-87(121)100-88(123-42-103)53-37-58(105)54(39-95-26-27-122-89-80(116)78(114)76(112)65(40-101)127-89)75(111)69(53)52-29-46(19-22-57(52)104)51(86(120)99-72)36-60(107)70(49)97-85(119)50(35-67(94)108)32-59(106)71(98-84(118)45(8-2)28-43(3)4)73(109)47-20-23-61(125-63)55(92)30-47/h19-24,29-31,33-34,37,42-45,50-51,65-66,68,70-74,76-80,82-83,88-90,95-96,101-102,104-105,109-117H,7-18,25-28,32,35-36,38-41H2,1-6H3,(H2,94,108)(H,97,119)(H,98,118)(H,99,120)(H,100,121)/t44-,45+,50-,51+,65?,66+,68-,70+,71-,72-,73+,74+,76+,77?,78-,79?,80+,82+,83+,88+,89?,90-,91?/m0/s1. The van der Waals surface area contributed by atoms with Gasteiger partial charge in [-0.1, -0.05) is 133 Å². The molecular formula is C91H121Cl2N7O30. The molecule has 714 valence electrons. The van der Waals surface area contributed by atoms with Gasteiger partial charge in [-0.2, -0.15) is 0 Å². The number of Topliss-reactive ketones (excluding diaryl/α,β-unsaturated/α-hetero) is 2. The van der Waals surface area contributed by atoms with Crippen LogP contribution in [0, 0.1) is 17.8 Å². The number of aliphatic hydroxyl groups excluding tert-OH is 10. The summed E-state index contributed by atoms with van der Waals surface area (Å²) in [4.78, 5) is 119. The Bertz CT molecular complexity index is 4780. The molecule has 0 aliphatic carbocycles. The summed E-state index contributed by atoms with van der Waals surface area (Å²) < 4.78 is 56.4. The fourth-order valence-corrected chi connectivity index (χ4v) is 17.8. The molecule has 13 rings (SSSR count). The zero-order chi connectivity index (χ0) is 94.3. The number of primary amides is 1. The number of aliphatic hydroxyl groups is 10. The van der Waals surface area contributed by atoms with Crippen molar-refractivity contribution in [2.24, 2.45) is 23.5 Å². The average Bonchev–Trinajstić information content (AvgIpc) is 0.892. The van der Waals surface area contributed by atoms with Crippen LogP contribution in [0.4, 0.5) is 0 Å². The number of ketones is 2. The minimum Gasteiger partial charge on any atom is -0.507 e. The number of ether oxygens (including phenoxy) is 9. The largest absolute Gasteiger partial charge is 0.507 e. The number of unbranched alkanes of at least 4 members (excludes halogenated alkanes) is 10. The van der Waals surface area contributed by atoms with Crippen LogP contribution in [0.2, 0.25) is 10.0 Å². The molecule has 8 aliphatic heterocycles. The summed E-state index contributed by atoms with van der Waals surface area (Å²) >= 11 is 14.5. The Labute approximate surface area is 761 Å². The number of fused-ring (bicyclic) bond motifs is 15. The summed E-state index contributed by atoms with van der Waals surface area (Å²) in [5, 5.41) is 166. The lowest BCUT2D eigenvalue weighted by Crippen LogP contribution is -2.65. The maximum absolute atomic E-state index is 16.6. The third kappa shape index (κ3) is 24.3. The zero-order valence-corrected chi connectivity index (χ0v) is 74.6. The zero-order valence-electron chi connectivity index (χ0n) is 73.1. The van der Waals surface area contributed by atoms with Crippen LogP contribution in [0.5, 0.6) is 46.0 Å². The molecule has 8 aliphatic rings. The maximum Gasteiger partial charge on any atom is 0.295 e. The second-order valence-electron chi connectivity index (χ2n) is 34.8. The molecule has 39 heteroatoms. The molecule has 23 atom stereocenters. The normalized spacial score (nSPS) is 29.2. The number of carbonyl (C=O) groups is 8. The van der Waals surface area contributed by atoms with Crippen LogP contribution < -0.4 is 51.8 Å². The molecule has 3 saturated heterocycles. The van der Waals surface area contributed by atoms with Crippen molar-refractivity contribution in [3.63, 3.8) is 0 Å². The first-order valence-electron chi connectivity index (χ1n) is 44.2. The fraction of sp³-hybridized carbons (Fsp3) is 0.582. The molecule has 5 aromatic rings. The van der Waals surface area contributed by atoms with Crippen LogP contribution in [-0.4, -0.2) is 244 Å². The van der Waals surface area contributed by atoms with E-state index in [1.807, 2.05) is 13.8 Å². The number of phenolic OH excluding ortho intramolecular Hbond substituents is 3. The van der Waals surface area contributed by atoms with E-state index in [1.54, 1.807) is 20.8 Å². The number of hydrogen-bond acceptors (Lipinski definition) is 32. The van der Waals surface area contributed by atoms with Gasteiger partial charge in [-0.05, 0) is 122 Å². The van der Waals surface area contributed by atoms with Crippen molar-refractivity contribution < 1.29 is 147 Å². The van der Waals surface area contributed by atoms with Crippen molar-refractivity contribution >= 4 is 70.8 Å². The van der Waals surface area contributed by atoms with Gasteiger partial charge in [0.05, 0.1) is 59.5 Å². The average molecular weight is 1860 g/mol. The van der Waals surface area contributed by atoms with Gasteiger partial charge in [-0.15, -0.1) is 0 Å². The lowest BCUT2D eigenvalue weighted by atomic mass is 9.84. The van der Waals surface area contributed by atoms with Crippen molar-refractivity contribution in [1.29, 1.82) is 0 Å². The molecule has 0 spiro atoms. The van der Waals surface area contributed by atoms with Crippen LogP contribution in [-0.2, 0) is 73.3 Å². The number of phenols is 3. The van der Waals surface area contributed by atoms with E-state index in [0.717, 1.165) is 74.6 Å². The van der Waals surface area contributed by atoms with Gasteiger partial charge in [0.2, 0.25) is 47.8 Å². The molecule has 130 heavy (non-hydrogen) atoms. The molecule has 37 nitrogen and oxygen atoms in total. The lowest BCUT2D eigenvalue weighted by Gasteiger charge is -2.48. The Balaban J connectivity index is 1.06. The number of amides is 5. The summed E-state index contributed by atoms with van der Waals surface area (Å²) in [5.74, 6) is -17.5. The Morgan fingerprint density at radius 3 is 1.86 bits per heavy atom. The molecule has 0 aromatic heterocycles. The predicted octanol–water partition coefficient (Wildman–Crippen LogP) is 5.41. The van der Waals surface area contributed by atoms with Crippen molar-refractivity contribution in [1.82, 2.24) is 31.9 Å². The van der Waals surface area contributed by atoms with E-state index in [9.17, 15) is 80.8 Å². The quantitative estimate of drug-likeness (QED) is 0.0181. The van der Waals surface area contributed by atoms with Gasteiger partial charge in [0.25, 0.3) is 6.47 Å². The minimum atomic E-state index is -2.26. The molecule has 11 bridgehead atoms. The van der Waals surface area contributed by atoms with Gasteiger partial charge in [-0.3, -0.25) is 38.4 Å². The Morgan fingerprint density at radius 2 is 1.26 bits per heavy atom. The number of halogens is 2. The third-order valence-corrected chi connectivity index (χ3v) is 25.4. The number of benzene rings is 5. The van der Waals surface area contributed by atoms with Gasteiger partial charge in [0, 0.05) is 66.9 Å². The molecule has 5 unspecified atom stereocenters. The number of rotatable bonds is 34. The van der Waals surface area contributed by atoms with E-state index < -0.39 is 282 Å². The Morgan fingerprint density at radius 1 is 0.654 bits per heavy atom. The van der Waals surface area contributed by atoms with E-state index in [0.29, 0.717) is 13.0 Å². The second kappa shape index (κ2) is 46.1. The highest BCUT2D eigenvalue weighted by atomic mass is 35.5. The minimum absolute atomic E-state index is 0.0386. The molecule has 0 radical (unpaired) electrons. The second-order valence-corrected chi connectivity index (χ2v) is 35.6. The van der Waals surface area contributed by atoms with Crippen LogP contribution >= 0.6 is 23.2 Å². The highest BCUT2D eigenvalue weighted by molar-refractivity contribution is 6.32. The van der Waals surface area contributed by atoms with E-state index >= 15 is 24.0 Å². The van der Waals surface area contributed by atoms with E-state index in [4.69, 9.17) is 71.6 Å². The first-order chi connectivity index (χ1) is 62.0. The smallest absolute Gasteiger partial charge is 0.295 e. The SMILES string of the molecule is CCCCCCCCCCCCCNC1(C)C[C@H](O[C@@H]2C(O)C(O)[C@@H](CO)O[C@H]2Oc2c3cc4cc2Oc2ccc(cc2Cl)[C@@H](O)[C@@H](NC(=O)[C@H](CC)CC(C)C)C(=O)C[C@@H](CC(N)=O)C(=O)N[C@H]4C(=O)C[C@H]2C(=O)N[C@H](C(=O)N[C@H](OC=O)c4cc(O)c(CNCCOC5OC(CO)[C@@H](O)[C@H](O)[C@H]5O)c(O)c4-c4cc2ccc4O)[C@H](O)c2ccc(c(Cl)c2)O3)O[C@@H](C)[C@H]1O. The molecule has 5 amide bonds. The molecule has 21 N–H and O–H groups in total. The van der Waals surface area contributed by atoms with Crippen molar-refractivity contribution in [2.75, 3.05) is 32.9 Å². The van der Waals surface area contributed by atoms with Gasteiger partial charge in [0.1, 0.15) is 102 Å². The van der Waals surface area contributed by atoms with Gasteiger partial charge < -0.3 is 147 Å². The van der Waals surface area contributed by atoms with Crippen molar-refractivity contribution in [2.45, 2.75) is 285 Å². The van der Waals surface area contributed by atoms with Crippen molar-refractivity contribution in [3.05, 3.63) is 116 Å². The fourth-order valence-electron chi connectivity index (χ4n) is 17.4. The molecule has 0 saturated carbocycles. The molecule has 8 heterocycles. The number of hydrogen-bond donors (Lipinski definition) is 20. The lowest BCUT2D eigenvalue weighted by molar-refractivity contribution is -0.334. The van der Waals surface area contributed by atoms with Gasteiger partial charge in [0.15, 0.2) is 41.7 Å². The van der Waals surface area contributed by atoms with E-state index in [2.05, 4.69) is 38.8 Å². The number of carbonyl (C=O) groups excluding carboxylic acids is 8. The predicted molar refractivity (Wildman–Crippen MR) is 464 cm³/mol. The monoisotopic (exact) mass is 1860 g/mol. The topological polar surface area (TPSA) is 581 Å². The highest BCUT2D eigenvalue weighted by Gasteiger charge is 2.53. The summed E-state index contributed by atoms with van der Waals surface area (Å²) in [6, 6.07) is 7.24. The summed E-state index contributed by atoms with van der Waals surface area (Å²) in [7, 11) is 0. The molecular weight excluding hydrogens is 1740 g/mol. The summed E-state index contributed by atoms with van der Waals surface area (Å²) in [6.07, 6.45) is -17.8. The van der Waals surface area contributed by atoms with Crippen LogP contribution in [0.3, 0.4) is 0 Å². The van der Waals surface area contributed by atoms with E-state index in [-0.39, 0.29) is 77.2 Å². The first kappa shape index (κ1) is 101. The number of nitrogens with two attached hydrogens (primary N) is 1. The summed E-state index contributed by atoms with van der Waals surface area (Å²) in [6.45, 7) is 8.70. The highest BCUT2D eigenvalue weighted by Crippen LogP contribution is 2.52. The van der Waals surface area contributed by atoms with Gasteiger partial charge in [-0.25, -0.2) is 0 Å². The van der Waals surface area contributed by atoms with Crippen LogP contribution in [0.15, 0.2) is 72.8 Å². The third-order valence-electron chi connectivity index (χ3n) is 24.8. The maximum atomic E-state index is 16.6. The van der Waals surface area contributed by atoms with Crippen LogP contribution in [0.1, 0.15) is 214 Å². The Kier molecular flexibility index (Phi) is 36.0. The number of aromatic hydroxyl groups is 3. The van der Waals surface area contributed by atoms with Crippen LogP contribution in [0.25, 0.3) is 11.1 Å². The first-order valence-corrected chi connectivity index (χ1v) is 45.0. The Hall–Kier alpha value is -9.04. The van der Waals surface area contributed by atoms with Crippen molar-refractivity contribution in [3.8, 4) is 57.1 Å². The van der Waals surface area contributed by atoms with E-state index in [1.165, 1.54) is 68.9 Å². The van der Waals surface area contributed by atoms with Gasteiger partial charge >= 0.3 is 0 Å². The molecule has 3 fully saturated rings. The molecule has 5 aromatic carbocycles. The summed E-state index contributed by atoms with van der Waals surface area (Å²) in [5.41, 5.74) is 1.99.